The lowest BCUT2D eigenvalue weighted by Crippen LogP contribution is -2.58. The zero-order valence-electron chi connectivity index (χ0n) is 16.3. The van der Waals surface area contributed by atoms with Crippen molar-refractivity contribution >= 4 is 17.6 Å². The lowest BCUT2D eigenvalue weighted by molar-refractivity contribution is -0.139. The Morgan fingerprint density at radius 2 is 2.00 bits per heavy atom. The Morgan fingerprint density at radius 3 is 2.67 bits per heavy atom. The van der Waals surface area contributed by atoms with Crippen LogP contribution in [0.3, 0.4) is 0 Å². The fourth-order valence-electron chi connectivity index (χ4n) is 3.61. The normalized spacial score (nSPS) is 21.4. The molecular weight excluding hydrogens is 344 g/mol. The molecule has 2 saturated heterocycles. The Balaban J connectivity index is 1.53. The first kappa shape index (κ1) is 19.5. The van der Waals surface area contributed by atoms with Crippen LogP contribution in [0.1, 0.15) is 26.7 Å². The minimum absolute atomic E-state index is 0.0171. The molecule has 0 aromatic carbocycles. The predicted octanol–water partition coefficient (Wildman–Crippen LogP) is 0.362. The molecule has 0 bridgehead atoms. The second-order valence-electron chi connectivity index (χ2n) is 7.66. The number of hydrogen-bond acceptors (Lipinski definition) is 6. The summed E-state index contributed by atoms with van der Waals surface area (Å²) in [5, 5.41) is 2.91. The van der Waals surface area contributed by atoms with Gasteiger partial charge < -0.3 is 15.1 Å². The molecule has 0 spiro atoms. The van der Waals surface area contributed by atoms with Crippen LogP contribution in [0.4, 0.5) is 5.82 Å². The zero-order chi connectivity index (χ0) is 19.2. The lowest BCUT2D eigenvalue weighted by Gasteiger charge is -2.38. The van der Waals surface area contributed by atoms with Crippen LogP contribution in [-0.2, 0) is 9.59 Å². The topological polar surface area (TPSA) is 81.7 Å². The number of carbonyl (C=O) groups is 2. The SMILES string of the molecule is CC(C)CCN1CCNC(=O)C1CC(=O)N1CCN(c2cnccn2)CC1. The van der Waals surface area contributed by atoms with Gasteiger partial charge in [-0.25, -0.2) is 4.98 Å². The van der Waals surface area contributed by atoms with E-state index in [4.69, 9.17) is 0 Å². The van der Waals surface area contributed by atoms with Crippen molar-refractivity contribution in [3.63, 3.8) is 0 Å². The molecule has 1 atom stereocenters. The Morgan fingerprint density at radius 1 is 1.22 bits per heavy atom. The van der Waals surface area contributed by atoms with Crippen LogP contribution < -0.4 is 10.2 Å². The molecule has 1 unspecified atom stereocenters. The summed E-state index contributed by atoms with van der Waals surface area (Å²) in [5.74, 6) is 1.47. The van der Waals surface area contributed by atoms with Crippen LogP contribution >= 0.6 is 0 Å². The molecule has 0 aliphatic carbocycles. The summed E-state index contributed by atoms with van der Waals surface area (Å²) < 4.78 is 0. The monoisotopic (exact) mass is 374 g/mol. The summed E-state index contributed by atoms with van der Waals surface area (Å²) in [6.45, 7) is 9.47. The first-order chi connectivity index (χ1) is 13.0. The highest BCUT2D eigenvalue weighted by molar-refractivity contribution is 5.89. The average molecular weight is 374 g/mol. The molecular formula is C19H30N6O2. The molecule has 3 rings (SSSR count). The van der Waals surface area contributed by atoms with Crippen LogP contribution in [0.15, 0.2) is 18.6 Å². The summed E-state index contributed by atoms with van der Waals surface area (Å²) in [4.78, 5) is 39.8. The van der Waals surface area contributed by atoms with Crippen molar-refractivity contribution in [2.24, 2.45) is 5.92 Å². The van der Waals surface area contributed by atoms with Crippen LogP contribution in [0.5, 0.6) is 0 Å². The van der Waals surface area contributed by atoms with Gasteiger partial charge in [0.05, 0.1) is 18.7 Å². The van der Waals surface area contributed by atoms with E-state index in [1.165, 1.54) is 0 Å². The number of nitrogens with zero attached hydrogens (tertiary/aromatic N) is 5. The number of nitrogens with one attached hydrogen (secondary N) is 1. The first-order valence-corrected chi connectivity index (χ1v) is 9.85. The quantitative estimate of drug-likeness (QED) is 0.774. The fourth-order valence-corrected chi connectivity index (χ4v) is 3.61. The third-order valence-electron chi connectivity index (χ3n) is 5.31. The number of hydrogen-bond donors (Lipinski definition) is 1. The molecule has 8 nitrogen and oxygen atoms in total. The van der Waals surface area contributed by atoms with Gasteiger partial charge in [0, 0.05) is 51.7 Å². The molecule has 2 aliphatic rings. The second kappa shape index (κ2) is 9.12. The highest BCUT2D eigenvalue weighted by atomic mass is 16.2. The van der Waals surface area contributed by atoms with Crippen molar-refractivity contribution in [3.8, 4) is 0 Å². The van der Waals surface area contributed by atoms with Crippen LogP contribution in [0, 0.1) is 5.92 Å². The summed E-state index contributed by atoms with van der Waals surface area (Å²) in [6, 6.07) is -0.344. The first-order valence-electron chi connectivity index (χ1n) is 9.85. The molecule has 27 heavy (non-hydrogen) atoms. The molecule has 3 heterocycles. The van der Waals surface area contributed by atoms with Crippen molar-refractivity contribution in [3.05, 3.63) is 18.6 Å². The van der Waals surface area contributed by atoms with E-state index in [1.54, 1.807) is 18.6 Å². The molecule has 1 aromatic heterocycles. The van der Waals surface area contributed by atoms with Gasteiger partial charge >= 0.3 is 0 Å². The number of piperazine rings is 2. The van der Waals surface area contributed by atoms with Crippen molar-refractivity contribution < 1.29 is 9.59 Å². The van der Waals surface area contributed by atoms with Crippen LogP contribution in [-0.4, -0.2) is 83.4 Å². The van der Waals surface area contributed by atoms with Gasteiger partial charge in [0.15, 0.2) is 0 Å². The molecule has 8 heteroatoms. The Hall–Kier alpha value is -2.22. The van der Waals surface area contributed by atoms with Crippen LogP contribution in [0.2, 0.25) is 0 Å². The predicted molar refractivity (Wildman–Crippen MR) is 103 cm³/mol. The van der Waals surface area contributed by atoms with E-state index in [0.717, 1.165) is 38.4 Å². The molecule has 2 aliphatic heterocycles. The summed E-state index contributed by atoms with van der Waals surface area (Å²) in [5.41, 5.74) is 0. The standard InChI is InChI=1S/C19H30N6O2/c1-15(2)3-7-23-8-6-22-19(27)16(23)13-18(26)25-11-9-24(10-12-25)17-14-20-4-5-21-17/h4-5,14-16H,3,6-13H2,1-2H3,(H,22,27). The maximum Gasteiger partial charge on any atom is 0.237 e. The number of carbonyl (C=O) groups excluding carboxylic acids is 2. The van der Waals surface area contributed by atoms with E-state index >= 15 is 0 Å². The summed E-state index contributed by atoms with van der Waals surface area (Å²) >= 11 is 0. The minimum Gasteiger partial charge on any atom is -0.353 e. The molecule has 0 radical (unpaired) electrons. The lowest BCUT2D eigenvalue weighted by atomic mass is 10.0. The van der Waals surface area contributed by atoms with Gasteiger partial charge in [-0.05, 0) is 18.9 Å². The number of aromatic nitrogens is 2. The molecule has 1 N–H and O–H groups in total. The fraction of sp³-hybridized carbons (Fsp3) is 0.684. The second-order valence-corrected chi connectivity index (χ2v) is 7.66. The Bertz CT molecular complexity index is 630. The molecule has 2 amide bonds. The molecule has 2 fully saturated rings. The maximum absolute atomic E-state index is 12.8. The highest BCUT2D eigenvalue weighted by Gasteiger charge is 2.33. The maximum atomic E-state index is 12.8. The van der Waals surface area contributed by atoms with E-state index in [9.17, 15) is 9.59 Å². The van der Waals surface area contributed by atoms with E-state index in [-0.39, 0.29) is 24.3 Å². The van der Waals surface area contributed by atoms with Gasteiger partial charge in [0.1, 0.15) is 5.82 Å². The van der Waals surface area contributed by atoms with E-state index in [1.807, 2.05) is 4.90 Å². The van der Waals surface area contributed by atoms with E-state index < -0.39 is 0 Å². The smallest absolute Gasteiger partial charge is 0.237 e. The molecule has 1 aromatic rings. The Labute approximate surface area is 160 Å². The van der Waals surface area contributed by atoms with Gasteiger partial charge in [0.25, 0.3) is 0 Å². The number of rotatable bonds is 6. The summed E-state index contributed by atoms with van der Waals surface area (Å²) in [7, 11) is 0. The van der Waals surface area contributed by atoms with Gasteiger partial charge in [-0.2, -0.15) is 0 Å². The number of amides is 2. The third kappa shape index (κ3) is 5.15. The van der Waals surface area contributed by atoms with Gasteiger partial charge in [-0.3, -0.25) is 19.5 Å². The Kier molecular flexibility index (Phi) is 6.60. The molecule has 0 saturated carbocycles. The molecule has 148 valence electrons. The van der Waals surface area contributed by atoms with Crippen molar-refractivity contribution in [2.45, 2.75) is 32.7 Å². The van der Waals surface area contributed by atoms with Crippen LogP contribution in [0.25, 0.3) is 0 Å². The van der Waals surface area contributed by atoms with Crippen molar-refractivity contribution in [1.29, 1.82) is 0 Å². The highest BCUT2D eigenvalue weighted by Crippen LogP contribution is 2.16. The average Bonchev–Trinajstić information content (AvgIpc) is 2.69. The van der Waals surface area contributed by atoms with Gasteiger partial charge in [0.2, 0.25) is 11.8 Å². The van der Waals surface area contributed by atoms with E-state index in [0.29, 0.717) is 25.6 Å². The largest absolute Gasteiger partial charge is 0.353 e. The summed E-state index contributed by atoms with van der Waals surface area (Å²) in [6.07, 6.45) is 6.38. The third-order valence-corrected chi connectivity index (χ3v) is 5.31. The van der Waals surface area contributed by atoms with Crippen molar-refractivity contribution in [1.82, 2.24) is 25.1 Å². The minimum atomic E-state index is -0.344. The van der Waals surface area contributed by atoms with Gasteiger partial charge in [-0.1, -0.05) is 13.8 Å². The zero-order valence-corrected chi connectivity index (χ0v) is 16.3. The number of anilines is 1. The van der Waals surface area contributed by atoms with Crippen molar-refractivity contribution in [2.75, 3.05) is 50.7 Å². The van der Waals surface area contributed by atoms with E-state index in [2.05, 4.69) is 38.9 Å². The van der Waals surface area contributed by atoms with Gasteiger partial charge in [-0.15, -0.1) is 0 Å².